The number of aliphatic hydroxyl groups excluding tert-OH is 1. The average Bonchev–Trinajstić information content (AvgIpc) is 2.52. The molecule has 0 amide bonds. The Kier molecular flexibility index (Phi) is 5.66. The molecule has 2 unspecified atom stereocenters. The van der Waals surface area contributed by atoms with Crippen LogP contribution >= 0.6 is 0 Å². The van der Waals surface area contributed by atoms with Gasteiger partial charge in [-0.1, -0.05) is 6.07 Å². The quantitative estimate of drug-likeness (QED) is 0.904. The highest BCUT2D eigenvalue weighted by molar-refractivity contribution is 5.37. The summed E-state index contributed by atoms with van der Waals surface area (Å²) in [5.74, 6) is 0.404. The first-order valence-electron chi connectivity index (χ1n) is 7.06. The Bertz CT molecular complexity index is 484. The van der Waals surface area contributed by atoms with Crippen molar-refractivity contribution in [3.63, 3.8) is 0 Å². The summed E-state index contributed by atoms with van der Waals surface area (Å²) in [6.45, 7) is 0.505. The van der Waals surface area contributed by atoms with E-state index in [0.29, 0.717) is 18.8 Å². The van der Waals surface area contributed by atoms with Gasteiger partial charge in [0.1, 0.15) is 5.75 Å². The Morgan fingerprint density at radius 1 is 1.36 bits per heavy atom. The monoisotopic (exact) mass is 320 g/mol. The normalized spacial score (nSPS) is 20.7. The lowest BCUT2D eigenvalue weighted by molar-refractivity contribution is -0.207. The number of hydrogen-bond acceptors (Lipinski definition) is 4. The van der Waals surface area contributed by atoms with Gasteiger partial charge in [-0.25, -0.2) is 0 Å². The smallest absolute Gasteiger partial charge is 0.418 e. The third-order valence-corrected chi connectivity index (χ3v) is 3.52. The molecule has 1 aliphatic heterocycles. The Morgan fingerprint density at radius 2 is 2.14 bits per heavy atom. The molecular formula is C15H19F3O4. The van der Waals surface area contributed by atoms with E-state index in [2.05, 4.69) is 0 Å². The second-order valence-electron chi connectivity index (χ2n) is 5.12. The van der Waals surface area contributed by atoms with Crippen LogP contribution in [0.25, 0.3) is 0 Å². The summed E-state index contributed by atoms with van der Waals surface area (Å²) in [4.78, 5) is 0. The molecule has 0 aromatic heterocycles. The average molecular weight is 320 g/mol. The van der Waals surface area contributed by atoms with Gasteiger partial charge >= 0.3 is 6.18 Å². The molecule has 1 heterocycles. The zero-order valence-electron chi connectivity index (χ0n) is 12.2. The van der Waals surface area contributed by atoms with Crippen molar-refractivity contribution in [2.45, 2.75) is 44.4 Å². The molecule has 1 fully saturated rings. The fourth-order valence-corrected chi connectivity index (χ4v) is 2.30. The molecule has 0 aliphatic carbocycles. The number of halogens is 3. The minimum absolute atomic E-state index is 0.0790. The van der Waals surface area contributed by atoms with Crippen LogP contribution < -0.4 is 4.74 Å². The van der Waals surface area contributed by atoms with Crippen LogP contribution in [0.4, 0.5) is 13.2 Å². The molecule has 1 saturated heterocycles. The molecule has 1 aromatic rings. The van der Waals surface area contributed by atoms with Crippen molar-refractivity contribution in [2.24, 2.45) is 0 Å². The molecular weight excluding hydrogens is 301 g/mol. The molecule has 1 N–H and O–H groups in total. The zero-order chi connectivity index (χ0) is 16.2. The first kappa shape index (κ1) is 17.1. The van der Waals surface area contributed by atoms with Crippen molar-refractivity contribution in [2.75, 3.05) is 13.7 Å². The summed E-state index contributed by atoms with van der Waals surface area (Å²) in [6, 6.07) is 4.02. The van der Waals surface area contributed by atoms with Crippen LogP contribution in [0.3, 0.4) is 0 Å². The van der Waals surface area contributed by atoms with E-state index in [4.69, 9.17) is 14.2 Å². The fraction of sp³-hybridized carbons (Fsp3) is 0.600. The van der Waals surface area contributed by atoms with Crippen LogP contribution in [0.2, 0.25) is 0 Å². The number of benzene rings is 1. The summed E-state index contributed by atoms with van der Waals surface area (Å²) in [5.41, 5.74) is 0.00228. The fourth-order valence-electron chi connectivity index (χ4n) is 2.30. The van der Waals surface area contributed by atoms with E-state index in [0.717, 1.165) is 12.8 Å². The molecule has 2 atom stereocenters. The van der Waals surface area contributed by atoms with Gasteiger partial charge in [0, 0.05) is 6.61 Å². The molecule has 0 saturated carbocycles. The third kappa shape index (κ3) is 4.34. The second-order valence-corrected chi connectivity index (χ2v) is 5.12. The number of rotatable bonds is 5. The molecule has 22 heavy (non-hydrogen) atoms. The Morgan fingerprint density at radius 3 is 2.73 bits per heavy atom. The van der Waals surface area contributed by atoms with Gasteiger partial charge in [-0.15, -0.1) is 0 Å². The van der Waals surface area contributed by atoms with E-state index in [-0.39, 0.29) is 17.7 Å². The summed E-state index contributed by atoms with van der Waals surface area (Å²) in [7, 11) is 1.42. The molecule has 124 valence electrons. The van der Waals surface area contributed by atoms with Gasteiger partial charge in [-0.05, 0) is 42.5 Å². The molecule has 4 nitrogen and oxygen atoms in total. The zero-order valence-corrected chi connectivity index (χ0v) is 12.2. The van der Waals surface area contributed by atoms with Crippen LogP contribution in [0, 0.1) is 0 Å². The Labute approximate surface area is 126 Å². The van der Waals surface area contributed by atoms with Crippen molar-refractivity contribution in [1.82, 2.24) is 0 Å². The minimum Gasteiger partial charge on any atom is -0.497 e. The van der Waals surface area contributed by atoms with Crippen molar-refractivity contribution in [3.05, 3.63) is 29.3 Å². The SMILES string of the molecule is COc1ccc(C(O)C(F)(F)F)c(COC2CCCCO2)c1. The second kappa shape index (κ2) is 7.30. The standard InChI is InChI=1S/C15H19F3O4/c1-20-11-5-6-12(14(19)15(16,17)18)10(8-11)9-22-13-4-2-3-7-21-13/h5-6,8,13-14,19H,2-4,7,9H2,1H3. The molecule has 0 radical (unpaired) electrons. The van der Waals surface area contributed by atoms with Crippen LogP contribution in [0.5, 0.6) is 5.75 Å². The molecule has 0 spiro atoms. The van der Waals surface area contributed by atoms with Gasteiger partial charge in [0.15, 0.2) is 12.4 Å². The minimum atomic E-state index is -4.73. The molecule has 1 aromatic carbocycles. The summed E-state index contributed by atoms with van der Waals surface area (Å²) >= 11 is 0. The van der Waals surface area contributed by atoms with Crippen LogP contribution in [-0.4, -0.2) is 31.3 Å². The van der Waals surface area contributed by atoms with Gasteiger partial charge in [-0.3, -0.25) is 0 Å². The summed E-state index contributed by atoms with van der Waals surface area (Å²) in [5, 5.41) is 9.49. The van der Waals surface area contributed by atoms with Gasteiger partial charge in [0.25, 0.3) is 0 Å². The predicted octanol–water partition coefficient (Wildman–Crippen LogP) is 3.33. The van der Waals surface area contributed by atoms with Crippen molar-refractivity contribution in [1.29, 1.82) is 0 Å². The van der Waals surface area contributed by atoms with Crippen LogP contribution in [0.15, 0.2) is 18.2 Å². The van der Waals surface area contributed by atoms with Crippen molar-refractivity contribution >= 4 is 0 Å². The molecule has 2 rings (SSSR count). The Hall–Kier alpha value is -1.31. The first-order chi connectivity index (χ1) is 10.4. The van der Waals surface area contributed by atoms with Gasteiger partial charge in [-0.2, -0.15) is 13.2 Å². The van der Waals surface area contributed by atoms with Crippen molar-refractivity contribution < 1.29 is 32.5 Å². The maximum Gasteiger partial charge on any atom is 0.418 e. The Balaban J connectivity index is 2.15. The molecule has 7 heteroatoms. The lowest BCUT2D eigenvalue weighted by Crippen LogP contribution is -2.24. The van der Waals surface area contributed by atoms with Crippen LogP contribution in [-0.2, 0) is 16.1 Å². The third-order valence-electron chi connectivity index (χ3n) is 3.52. The predicted molar refractivity (Wildman–Crippen MR) is 72.4 cm³/mol. The highest BCUT2D eigenvalue weighted by atomic mass is 19.4. The van der Waals surface area contributed by atoms with Gasteiger partial charge in [0.05, 0.1) is 13.7 Å². The van der Waals surface area contributed by atoms with Crippen LogP contribution in [0.1, 0.15) is 36.5 Å². The lowest BCUT2D eigenvalue weighted by Gasteiger charge is -2.24. The number of ether oxygens (including phenoxy) is 3. The topological polar surface area (TPSA) is 47.9 Å². The van der Waals surface area contributed by atoms with E-state index in [9.17, 15) is 18.3 Å². The lowest BCUT2D eigenvalue weighted by atomic mass is 10.0. The van der Waals surface area contributed by atoms with E-state index >= 15 is 0 Å². The molecule has 1 aliphatic rings. The van der Waals surface area contributed by atoms with E-state index in [1.165, 1.54) is 25.3 Å². The summed E-state index contributed by atoms with van der Waals surface area (Å²) in [6.07, 6.45) is -5.08. The number of alkyl halides is 3. The van der Waals surface area contributed by atoms with E-state index in [1.807, 2.05) is 0 Å². The first-order valence-corrected chi connectivity index (χ1v) is 7.06. The number of aliphatic hydroxyl groups is 1. The number of hydrogen-bond donors (Lipinski definition) is 1. The van der Waals surface area contributed by atoms with Gasteiger partial charge in [0.2, 0.25) is 0 Å². The highest BCUT2D eigenvalue weighted by Crippen LogP contribution is 2.35. The van der Waals surface area contributed by atoms with Gasteiger partial charge < -0.3 is 19.3 Å². The molecule has 0 bridgehead atoms. The maximum atomic E-state index is 12.7. The number of methoxy groups -OCH3 is 1. The maximum absolute atomic E-state index is 12.7. The largest absolute Gasteiger partial charge is 0.497 e. The summed E-state index contributed by atoms with van der Waals surface area (Å²) < 4.78 is 54.2. The van der Waals surface area contributed by atoms with E-state index in [1.54, 1.807) is 0 Å². The van der Waals surface area contributed by atoms with E-state index < -0.39 is 18.6 Å². The van der Waals surface area contributed by atoms with Crippen molar-refractivity contribution in [3.8, 4) is 5.75 Å². The highest BCUT2D eigenvalue weighted by Gasteiger charge is 2.40.